The van der Waals surface area contributed by atoms with Gasteiger partial charge in [0.2, 0.25) is 47.3 Å². The number of aromatic amines is 2. The van der Waals surface area contributed by atoms with Crippen LogP contribution in [-0.2, 0) is 57.6 Å². The summed E-state index contributed by atoms with van der Waals surface area (Å²) in [5.41, 5.74) is 28.4. The number of para-hydroxylation sites is 1. The number of azide groups is 1. The van der Waals surface area contributed by atoms with E-state index in [1.807, 2.05) is 38.1 Å². The van der Waals surface area contributed by atoms with Gasteiger partial charge in [-0.05, 0) is 54.8 Å². The maximum Gasteiger partial charge on any atom is 0.243 e. The first kappa shape index (κ1) is 59.1. The molecule has 404 valence electrons. The quantitative estimate of drug-likeness (QED) is 0.00796. The van der Waals surface area contributed by atoms with Crippen molar-refractivity contribution in [2.45, 2.75) is 140 Å². The minimum absolute atomic E-state index is 0.0313. The molecule has 7 atom stereocenters. The van der Waals surface area contributed by atoms with Crippen LogP contribution in [0.4, 0.5) is 0 Å². The lowest BCUT2D eigenvalue weighted by Crippen LogP contribution is -2.61. The fourth-order valence-corrected chi connectivity index (χ4v) is 8.14. The fraction of sp³-hybridized carbons (Fsp3) is 0.480. The molecule has 25 nitrogen and oxygen atoms in total. The highest BCUT2D eigenvalue weighted by Gasteiger charge is 2.35. The number of nitrogens with two attached hydrogens (primary N) is 3. The van der Waals surface area contributed by atoms with Crippen molar-refractivity contribution in [1.82, 2.24) is 52.2 Å². The van der Waals surface area contributed by atoms with E-state index in [1.54, 1.807) is 36.5 Å². The first-order chi connectivity index (χ1) is 36.0. The van der Waals surface area contributed by atoms with Gasteiger partial charge in [0.1, 0.15) is 42.3 Å². The van der Waals surface area contributed by atoms with Crippen molar-refractivity contribution < 1.29 is 38.4 Å². The second-order valence-electron chi connectivity index (χ2n) is 18.0. The van der Waals surface area contributed by atoms with Gasteiger partial charge in [-0.15, -0.1) is 0 Å². The Morgan fingerprint density at radius 1 is 0.600 bits per heavy atom. The van der Waals surface area contributed by atoms with Gasteiger partial charge in [0.25, 0.3) is 0 Å². The van der Waals surface area contributed by atoms with E-state index in [2.05, 4.69) is 67.2 Å². The van der Waals surface area contributed by atoms with Crippen LogP contribution in [0.3, 0.4) is 0 Å². The maximum absolute atomic E-state index is 14.7. The lowest BCUT2D eigenvalue weighted by atomic mass is 10.0. The lowest BCUT2D eigenvalue weighted by molar-refractivity contribution is -0.135. The Labute approximate surface area is 434 Å². The van der Waals surface area contributed by atoms with Crippen molar-refractivity contribution in [1.29, 1.82) is 0 Å². The molecule has 0 aliphatic rings. The highest BCUT2D eigenvalue weighted by atomic mass is 16.2. The summed E-state index contributed by atoms with van der Waals surface area (Å²) in [6.07, 6.45) is 7.32. The number of primary amides is 1. The number of carbonyl (C=O) groups is 8. The molecule has 15 N–H and O–H groups in total. The van der Waals surface area contributed by atoms with Crippen LogP contribution in [0.5, 0.6) is 0 Å². The minimum Gasteiger partial charge on any atom is -0.370 e. The molecule has 2 aromatic heterocycles. The molecule has 0 fully saturated rings. The third kappa shape index (κ3) is 20.2. The van der Waals surface area contributed by atoms with Gasteiger partial charge >= 0.3 is 0 Å². The van der Waals surface area contributed by atoms with Crippen molar-refractivity contribution in [2.24, 2.45) is 27.3 Å². The van der Waals surface area contributed by atoms with Crippen LogP contribution in [0.1, 0.15) is 95.4 Å². The first-order valence-electron chi connectivity index (χ1n) is 25.0. The van der Waals surface area contributed by atoms with Crippen LogP contribution in [0.15, 0.2) is 83.4 Å². The average Bonchev–Trinajstić information content (AvgIpc) is 4.06. The molecular weight excluding hydrogens is 967 g/mol. The van der Waals surface area contributed by atoms with Crippen LogP contribution >= 0.6 is 0 Å². The Hall–Kier alpha value is -8.47. The number of nitrogens with zero attached hydrogens (tertiary/aromatic N) is 5. The first-order valence-corrected chi connectivity index (χ1v) is 25.0. The fourth-order valence-electron chi connectivity index (χ4n) is 8.14. The largest absolute Gasteiger partial charge is 0.370 e. The maximum atomic E-state index is 14.7. The summed E-state index contributed by atoms with van der Waals surface area (Å²) in [4.78, 5) is 127. The number of aromatic nitrogens is 3. The Bertz CT molecular complexity index is 2600. The molecule has 4 aromatic rings. The molecule has 0 aliphatic heterocycles. The van der Waals surface area contributed by atoms with Gasteiger partial charge in [0, 0.05) is 73.2 Å². The molecule has 0 saturated heterocycles. The highest BCUT2D eigenvalue weighted by Crippen LogP contribution is 2.20. The number of hydrogen-bond acceptors (Lipinski definition) is 11. The van der Waals surface area contributed by atoms with E-state index in [0.717, 1.165) is 23.7 Å². The third-order valence-electron chi connectivity index (χ3n) is 12.1. The van der Waals surface area contributed by atoms with Crippen molar-refractivity contribution in [3.05, 3.63) is 101 Å². The van der Waals surface area contributed by atoms with Crippen LogP contribution in [0.25, 0.3) is 21.3 Å². The second kappa shape index (κ2) is 31.2. The molecule has 8 amide bonds. The number of nitrogens with one attached hydrogen (secondary N) is 9. The second-order valence-corrected chi connectivity index (χ2v) is 18.0. The normalized spacial score (nSPS) is 13.7. The number of guanidine groups is 1. The molecule has 0 radical (unpaired) electrons. The Kier molecular flexibility index (Phi) is 24.6. The number of carbonyl (C=O) groups excluding carboxylic acids is 8. The van der Waals surface area contributed by atoms with Crippen molar-refractivity contribution in [3.63, 3.8) is 0 Å². The van der Waals surface area contributed by atoms with Crippen LogP contribution in [0, 0.1) is 0 Å². The Morgan fingerprint density at radius 2 is 1.11 bits per heavy atom. The third-order valence-corrected chi connectivity index (χ3v) is 12.1. The zero-order valence-corrected chi connectivity index (χ0v) is 42.6. The number of unbranched alkanes of at least 4 members (excludes halogenated alkanes) is 2. The summed E-state index contributed by atoms with van der Waals surface area (Å²) in [6.45, 7) is 4.94. The van der Waals surface area contributed by atoms with E-state index in [4.69, 9.17) is 22.7 Å². The Balaban J connectivity index is 1.68. The van der Waals surface area contributed by atoms with Crippen LogP contribution in [-0.4, -0.2) is 124 Å². The van der Waals surface area contributed by atoms with E-state index >= 15 is 0 Å². The number of rotatable bonds is 33. The minimum atomic E-state index is -1.42. The van der Waals surface area contributed by atoms with E-state index in [9.17, 15) is 38.4 Å². The molecule has 4 rings (SSSR count). The van der Waals surface area contributed by atoms with Crippen molar-refractivity contribution >= 4 is 64.1 Å². The summed E-state index contributed by atoms with van der Waals surface area (Å²) in [7, 11) is 0. The molecule has 25 heteroatoms. The summed E-state index contributed by atoms with van der Waals surface area (Å²) >= 11 is 0. The van der Waals surface area contributed by atoms with E-state index in [1.165, 1.54) is 19.4 Å². The van der Waals surface area contributed by atoms with Crippen molar-refractivity contribution in [2.75, 3.05) is 13.1 Å². The number of H-pyrrole nitrogens is 2. The lowest BCUT2D eigenvalue weighted by Gasteiger charge is -2.28. The molecule has 0 saturated carbocycles. The number of hydrogen-bond donors (Lipinski definition) is 12. The van der Waals surface area contributed by atoms with Gasteiger partial charge in [-0.1, -0.05) is 93.2 Å². The number of fused-ring (bicyclic) bond motifs is 1. The van der Waals surface area contributed by atoms with E-state index in [0.29, 0.717) is 29.7 Å². The monoisotopic (exact) mass is 1040 g/mol. The van der Waals surface area contributed by atoms with Gasteiger partial charge in [-0.3, -0.25) is 43.3 Å². The predicted octanol–water partition coefficient (Wildman–Crippen LogP) is 0.952. The van der Waals surface area contributed by atoms with Gasteiger partial charge < -0.3 is 64.4 Å². The molecule has 75 heavy (non-hydrogen) atoms. The van der Waals surface area contributed by atoms with Crippen molar-refractivity contribution in [3.8, 4) is 0 Å². The standard InChI is InChI=1S/C50H71N17O8/c1-4-6-17-36(43(51)69)61-48(74)41(25-32-27-57-35-19-12-11-16-34(32)35)65-45(71)38(20-13-22-56-50(52)53)62-47(73)40(24-31-14-9-8-10-15-31)64-49(75)42(26-33-28-55-29-58-33)66-46(72)39(21-23-59-67-54)63-44(70)37(18-7-5-2)60-30(3)68/h8-12,14-16,19,27-29,36-42,57H,4-7,13,17-18,20-26H2,1-3H3,(H2,51,69)(H,55,58)(H,60,68)(H,61,74)(H,62,73)(H,63,70)(H,64,75)(H,65,71)(H,66,72)(H4,52,53,56)/t36-,37-,38-,39-,40+,41-,42-/m0/s1. The van der Waals surface area contributed by atoms with E-state index in [-0.39, 0.29) is 70.4 Å². The summed E-state index contributed by atoms with van der Waals surface area (Å²) in [5.74, 6) is -6.05. The Morgan fingerprint density at radius 3 is 1.67 bits per heavy atom. The number of aliphatic imine (C=N–C) groups is 1. The number of amides is 8. The summed E-state index contributed by atoms with van der Waals surface area (Å²) in [6, 6.07) is 7.27. The molecule has 0 aliphatic carbocycles. The molecule has 0 spiro atoms. The average molecular weight is 1040 g/mol. The van der Waals surface area contributed by atoms with E-state index < -0.39 is 89.6 Å². The van der Waals surface area contributed by atoms with Gasteiger partial charge in [0.15, 0.2) is 5.96 Å². The molecule has 0 unspecified atom stereocenters. The van der Waals surface area contributed by atoms with Crippen LogP contribution in [0.2, 0.25) is 0 Å². The number of imidazole rings is 1. The van der Waals surface area contributed by atoms with Gasteiger partial charge in [-0.25, -0.2) is 4.98 Å². The van der Waals surface area contributed by atoms with Gasteiger partial charge in [-0.2, -0.15) is 0 Å². The van der Waals surface area contributed by atoms with Crippen LogP contribution < -0.4 is 54.4 Å². The smallest absolute Gasteiger partial charge is 0.243 e. The molecule has 2 aromatic carbocycles. The van der Waals surface area contributed by atoms with Gasteiger partial charge in [0.05, 0.1) is 6.33 Å². The zero-order valence-electron chi connectivity index (χ0n) is 42.6. The predicted molar refractivity (Wildman–Crippen MR) is 280 cm³/mol. The SMILES string of the molecule is CCCC[C@H](NC(=O)[C@H](Cc1c[nH]c2ccccc12)NC(=O)[C@H](CCCN=C(N)N)NC(=O)[C@@H](Cc1ccccc1)NC(=O)[C@H](Cc1cnc[nH]1)NC(=O)[C@H](CCN=[N+]=[N-])NC(=O)[C@H](CCCC)NC(C)=O)C(N)=O. The number of benzene rings is 2. The topological polar surface area (TPSA) is 404 Å². The summed E-state index contributed by atoms with van der Waals surface area (Å²) in [5, 5.41) is 23.3. The zero-order chi connectivity index (χ0) is 54.7. The molecule has 0 bridgehead atoms. The highest BCUT2D eigenvalue weighted by molar-refractivity contribution is 5.98. The molecule has 2 heterocycles. The molecular formula is C50H71N17O8. The summed E-state index contributed by atoms with van der Waals surface area (Å²) < 4.78 is 0.